The van der Waals surface area contributed by atoms with Gasteiger partial charge in [0.1, 0.15) is 5.82 Å². The lowest BCUT2D eigenvalue weighted by Gasteiger charge is -2.19. The molecular formula is C18H21ClFN3O3S. The Hall–Kier alpha value is -2.00. The van der Waals surface area contributed by atoms with E-state index in [0.29, 0.717) is 25.1 Å². The molecule has 0 spiro atoms. The number of hydrogen-bond donors (Lipinski definition) is 3. The largest absolute Gasteiger partial charge is 0.319 e. The molecule has 3 N–H and O–H groups in total. The number of carbonyl (C=O) groups is 1. The SMILES string of the molecule is CCNS(=O)(=O)c1ccc(C(=O)Nc2ccc3c(c2F)CCNC3)cc1.Cl. The Kier molecular flexibility index (Phi) is 6.94. The predicted molar refractivity (Wildman–Crippen MR) is 104 cm³/mol. The van der Waals surface area contributed by atoms with Gasteiger partial charge in [0, 0.05) is 18.7 Å². The van der Waals surface area contributed by atoms with Gasteiger partial charge in [-0.3, -0.25) is 4.79 Å². The van der Waals surface area contributed by atoms with Crippen LogP contribution in [0.5, 0.6) is 0 Å². The Balaban J connectivity index is 0.00000261. The van der Waals surface area contributed by atoms with Gasteiger partial charge in [0.2, 0.25) is 10.0 Å². The van der Waals surface area contributed by atoms with Crippen LogP contribution in [0.2, 0.25) is 0 Å². The van der Waals surface area contributed by atoms with E-state index >= 15 is 0 Å². The predicted octanol–water partition coefficient (Wildman–Crippen LogP) is 2.44. The molecule has 2 aromatic rings. The summed E-state index contributed by atoms with van der Waals surface area (Å²) in [5, 5.41) is 5.73. The van der Waals surface area contributed by atoms with Crippen molar-refractivity contribution in [2.75, 3.05) is 18.4 Å². The van der Waals surface area contributed by atoms with Gasteiger partial charge in [0.15, 0.2) is 0 Å². The van der Waals surface area contributed by atoms with Gasteiger partial charge < -0.3 is 10.6 Å². The van der Waals surface area contributed by atoms with E-state index in [9.17, 15) is 17.6 Å². The Morgan fingerprint density at radius 3 is 2.56 bits per heavy atom. The monoisotopic (exact) mass is 413 g/mol. The maximum atomic E-state index is 14.6. The minimum absolute atomic E-state index is 0. The number of fused-ring (bicyclic) bond motifs is 1. The summed E-state index contributed by atoms with van der Waals surface area (Å²) in [4.78, 5) is 12.4. The van der Waals surface area contributed by atoms with Crippen LogP contribution in [0, 0.1) is 5.82 Å². The molecule has 27 heavy (non-hydrogen) atoms. The quantitative estimate of drug-likeness (QED) is 0.702. The topological polar surface area (TPSA) is 87.3 Å². The maximum absolute atomic E-state index is 14.6. The first-order valence-corrected chi connectivity index (χ1v) is 9.82. The molecule has 0 bridgehead atoms. The second-order valence-electron chi connectivity index (χ2n) is 5.97. The molecular weight excluding hydrogens is 393 g/mol. The molecule has 2 aromatic carbocycles. The van der Waals surface area contributed by atoms with Crippen LogP contribution < -0.4 is 15.4 Å². The maximum Gasteiger partial charge on any atom is 0.255 e. The van der Waals surface area contributed by atoms with E-state index in [1.807, 2.05) is 0 Å². The molecule has 1 amide bonds. The van der Waals surface area contributed by atoms with Crippen LogP contribution >= 0.6 is 12.4 Å². The molecule has 1 heterocycles. The van der Waals surface area contributed by atoms with Gasteiger partial charge in [-0.1, -0.05) is 13.0 Å². The lowest BCUT2D eigenvalue weighted by atomic mass is 9.99. The number of nitrogens with one attached hydrogen (secondary N) is 3. The fourth-order valence-electron chi connectivity index (χ4n) is 2.88. The molecule has 1 aliphatic rings. The molecule has 1 aliphatic heterocycles. The Morgan fingerprint density at radius 1 is 1.19 bits per heavy atom. The minimum Gasteiger partial charge on any atom is -0.319 e. The summed E-state index contributed by atoms with van der Waals surface area (Å²) in [6, 6.07) is 8.85. The van der Waals surface area contributed by atoms with E-state index in [2.05, 4.69) is 15.4 Å². The van der Waals surface area contributed by atoms with Gasteiger partial charge in [0.05, 0.1) is 10.6 Å². The van der Waals surface area contributed by atoms with E-state index in [0.717, 1.165) is 5.56 Å². The standard InChI is InChI=1S/C18H20FN3O3S.ClH/c1-2-21-26(24,25)14-6-3-12(4-7-14)18(23)22-16-8-5-13-11-20-10-9-15(13)17(16)19;/h3-8,20-21H,2,9-11H2,1H3,(H,22,23);1H. The van der Waals surface area contributed by atoms with Gasteiger partial charge in [-0.15, -0.1) is 12.4 Å². The number of hydrogen-bond acceptors (Lipinski definition) is 4. The molecule has 0 saturated heterocycles. The second kappa shape index (κ2) is 8.79. The highest BCUT2D eigenvalue weighted by Crippen LogP contribution is 2.25. The highest BCUT2D eigenvalue weighted by molar-refractivity contribution is 7.89. The first-order valence-electron chi connectivity index (χ1n) is 8.34. The van der Waals surface area contributed by atoms with Crippen molar-refractivity contribution in [1.82, 2.24) is 10.0 Å². The normalized spacial score (nSPS) is 13.4. The van der Waals surface area contributed by atoms with Crippen molar-refractivity contribution in [2.45, 2.75) is 24.8 Å². The van der Waals surface area contributed by atoms with E-state index in [-0.39, 0.29) is 35.1 Å². The zero-order valence-electron chi connectivity index (χ0n) is 14.7. The third kappa shape index (κ3) is 4.65. The van der Waals surface area contributed by atoms with E-state index in [1.165, 1.54) is 24.3 Å². The number of halogens is 2. The number of sulfonamides is 1. The number of benzene rings is 2. The zero-order valence-corrected chi connectivity index (χ0v) is 16.3. The van der Waals surface area contributed by atoms with Crippen molar-refractivity contribution < 1.29 is 17.6 Å². The number of anilines is 1. The lowest BCUT2D eigenvalue weighted by molar-refractivity contribution is 0.102. The second-order valence-corrected chi connectivity index (χ2v) is 7.74. The highest BCUT2D eigenvalue weighted by Gasteiger charge is 2.18. The minimum atomic E-state index is -3.58. The van der Waals surface area contributed by atoms with Crippen LogP contribution in [-0.4, -0.2) is 27.4 Å². The van der Waals surface area contributed by atoms with Crippen LogP contribution in [0.25, 0.3) is 0 Å². The van der Waals surface area contributed by atoms with Crippen LogP contribution in [-0.2, 0) is 23.0 Å². The molecule has 0 fully saturated rings. The lowest BCUT2D eigenvalue weighted by Crippen LogP contribution is -2.25. The average molecular weight is 414 g/mol. The van der Waals surface area contributed by atoms with E-state index < -0.39 is 21.7 Å². The van der Waals surface area contributed by atoms with Crippen molar-refractivity contribution in [3.63, 3.8) is 0 Å². The van der Waals surface area contributed by atoms with Gasteiger partial charge in [0.25, 0.3) is 5.91 Å². The molecule has 3 rings (SSSR count). The summed E-state index contributed by atoms with van der Waals surface area (Å²) < 4.78 is 40.8. The first kappa shape index (κ1) is 21.3. The molecule has 0 aliphatic carbocycles. The van der Waals surface area contributed by atoms with Gasteiger partial charge in [-0.25, -0.2) is 17.5 Å². The van der Waals surface area contributed by atoms with Gasteiger partial charge >= 0.3 is 0 Å². The molecule has 0 unspecified atom stereocenters. The summed E-state index contributed by atoms with van der Waals surface area (Å²) in [5.41, 5.74) is 1.89. The third-order valence-electron chi connectivity index (χ3n) is 4.22. The molecule has 0 saturated carbocycles. The molecule has 9 heteroatoms. The Bertz CT molecular complexity index is 934. The van der Waals surface area contributed by atoms with Crippen LogP contribution in [0.3, 0.4) is 0 Å². The molecule has 6 nitrogen and oxygen atoms in total. The molecule has 146 valence electrons. The van der Waals surface area contributed by atoms with Crippen LogP contribution in [0.1, 0.15) is 28.4 Å². The molecule has 0 aromatic heterocycles. The summed E-state index contributed by atoms with van der Waals surface area (Å²) in [7, 11) is -3.58. The van der Waals surface area contributed by atoms with Crippen molar-refractivity contribution in [3.05, 3.63) is 58.9 Å². The Morgan fingerprint density at radius 2 is 1.89 bits per heavy atom. The highest BCUT2D eigenvalue weighted by atomic mass is 35.5. The summed E-state index contributed by atoms with van der Waals surface area (Å²) in [5.74, 6) is -0.908. The number of amides is 1. The van der Waals surface area contributed by atoms with E-state index in [1.54, 1.807) is 19.1 Å². The fraction of sp³-hybridized carbons (Fsp3) is 0.278. The first-order chi connectivity index (χ1) is 12.4. The Labute approximate surface area is 164 Å². The third-order valence-corrected chi connectivity index (χ3v) is 5.78. The summed E-state index contributed by atoms with van der Waals surface area (Å²) >= 11 is 0. The number of carbonyl (C=O) groups excluding carboxylic acids is 1. The average Bonchev–Trinajstić information content (AvgIpc) is 2.64. The van der Waals surface area contributed by atoms with Crippen molar-refractivity contribution >= 4 is 34.0 Å². The van der Waals surface area contributed by atoms with Crippen molar-refractivity contribution in [2.24, 2.45) is 0 Å². The fourth-order valence-corrected chi connectivity index (χ4v) is 3.92. The van der Waals surface area contributed by atoms with Crippen LogP contribution in [0.15, 0.2) is 41.3 Å². The van der Waals surface area contributed by atoms with Gasteiger partial charge in [-0.2, -0.15) is 0 Å². The smallest absolute Gasteiger partial charge is 0.255 e. The van der Waals surface area contributed by atoms with Crippen LogP contribution in [0.4, 0.5) is 10.1 Å². The number of rotatable bonds is 5. The molecule has 0 radical (unpaired) electrons. The summed E-state index contributed by atoms with van der Waals surface area (Å²) in [6.07, 6.45) is 0.571. The van der Waals surface area contributed by atoms with Crippen molar-refractivity contribution in [3.8, 4) is 0 Å². The van der Waals surface area contributed by atoms with Crippen molar-refractivity contribution in [1.29, 1.82) is 0 Å². The molecule has 0 atom stereocenters. The van der Waals surface area contributed by atoms with E-state index in [4.69, 9.17) is 0 Å². The van der Waals surface area contributed by atoms with Gasteiger partial charge in [-0.05, 0) is 54.4 Å². The zero-order chi connectivity index (χ0) is 18.7. The summed E-state index contributed by atoms with van der Waals surface area (Å²) in [6.45, 7) is 3.27.